The highest BCUT2D eigenvalue weighted by Crippen LogP contribution is 2.01. The lowest BCUT2D eigenvalue weighted by atomic mass is 10.4. The maximum atomic E-state index is 5.74. The lowest BCUT2D eigenvalue weighted by Crippen LogP contribution is -2.31. The largest absolute Gasteiger partial charge is 0.416 e. The van der Waals surface area contributed by atoms with Crippen molar-refractivity contribution in [2.24, 2.45) is 0 Å². The molecule has 0 aromatic heterocycles. The summed E-state index contributed by atoms with van der Waals surface area (Å²) in [7, 11) is 0.876. The molecule has 0 aliphatic carbocycles. The summed E-state index contributed by atoms with van der Waals surface area (Å²) in [6, 6.07) is 0. The molecule has 0 aromatic rings. The van der Waals surface area contributed by atoms with E-state index in [0.717, 1.165) is 13.2 Å². The minimum Gasteiger partial charge on any atom is -0.416 e. The van der Waals surface area contributed by atoms with Crippen molar-refractivity contribution < 1.29 is 4.43 Å². The second-order valence-electron chi connectivity index (χ2n) is 4.26. The van der Waals surface area contributed by atoms with Crippen molar-refractivity contribution >= 4 is 8.32 Å². The Kier molecular flexibility index (Phi) is 5.79. The van der Waals surface area contributed by atoms with Gasteiger partial charge in [0.2, 0.25) is 0 Å². The monoisotopic (exact) mass is 189 g/mol. The quantitative estimate of drug-likeness (QED) is 0.594. The van der Waals surface area contributed by atoms with Crippen LogP contribution in [0.5, 0.6) is 0 Å². The standard InChI is InChI=1S/C9H23NOSi/c1-6-7-10(2)8-9-11-12(3,4)5/h6-9H2,1-5H3. The van der Waals surface area contributed by atoms with Crippen molar-refractivity contribution in [1.29, 1.82) is 0 Å². The number of likely N-dealkylation sites (N-methyl/N-ethyl adjacent to an activating group) is 1. The summed E-state index contributed by atoms with van der Waals surface area (Å²) in [6.07, 6.45) is 1.23. The van der Waals surface area contributed by atoms with Crippen LogP contribution < -0.4 is 0 Å². The van der Waals surface area contributed by atoms with Crippen LogP contribution in [0.3, 0.4) is 0 Å². The van der Waals surface area contributed by atoms with Crippen molar-refractivity contribution in [2.75, 3.05) is 26.7 Å². The van der Waals surface area contributed by atoms with Gasteiger partial charge in [0.25, 0.3) is 0 Å². The van der Waals surface area contributed by atoms with E-state index < -0.39 is 8.32 Å². The number of rotatable bonds is 6. The highest BCUT2D eigenvalue weighted by atomic mass is 28.4. The molecule has 0 spiro atoms. The summed E-state index contributed by atoms with van der Waals surface area (Å²) in [5, 5.41) is 0. The first-order chi connectivity index (χ1) is 5.45. The maximum Gasteiger partial charge on any atom is 0.183 e. The second-order valence-corrected chi connectivity index (χ2v) is 8.78. The van der Waals surface area contributed by atoms with E-state index in [1.165, 1.54) is 13.0 Å². The third-order valence-electron chi connectivity index (χ3n) is 1.61. The second kappa shape index (κ2) is 5.73. The van der Waals surface area contributed by atoms with E-state index in [1.807, 2.05) is 0 Å². The fraction of sp³-hybridized carbons (Fsp3) is 1.00. The summed E-state index contributed by atoms with van der Waals surface area (Å²) < 4.78 is 5.74. The van der Waals surface area contributed by atoms with Crippen molar-refractivity contribution in [3.63, 3.8) is 0 Å². The van der Waals surface area contributed by atoms with Gasteiger partial charge in [0.15, 0.2) is 8.32 Å². The van der Waals surface area contributed by atoms with E-state index in [9.17, 15) is 0 Å². The van der Waals surface area contributed by atoms with Crippen LogP contribution in [0, 0.1) is 0 Å². The SMILES string of the molecule is CCCN(C)CCO[Si](C)(C)C. The fourth-order valence-electron chi connectivity index (χ4n) is 1.00. The van der Waals surface area contributed by atoms with Gasteiger partial charge < -0.3 is 9.33 Å². The van der Waals surface area contributed by atoms with E-state index in [0.29, 0.717) is 0 Å². The van der Waals surface area contributed by atoms with Gasteiger partial charge in [-0.1, -0.05) is 6.92 Å². The zero-order valence-electron chi connectivity index (χ0n) is 9.18. The topological polar surface area (TPSA) is 12.5 Å². The van der Waals surface area contributed by atoms with Crippen molar-refractivity contribution in [2.45, 2.75) is 33.0 Å². The molecule has 3 heteroatoms. The molecule has 0 aliphatic heterocycles. The molecular formula is C9H23NOSi. The summed E-state index contributed by atoms with van der Waals surface area (Å²) in [5.41, 5.74) is 0. The minimum absolute atomic E-state index is 0.895. The Morgan fingerprint density at radius 3 is 2.17 bits per heavy atom. The fourth-order valence-corrected chi connectivity index (χ4v) is 1.70. The van der Waals surface area contributed by atoms with Gasteiger partial charge in [0.1, 0.15) is 0 Å². The van der Waals surface area contributed by atoms with Gasteiger partial charge in [-0.15, -0.1) is 0 Å². The van der Waals surface area contributed by atoms with Crippen molar-refractivity contribution in [3.05, 3.63) is 0 Å². The zero-order chi connectivity index (χ0) is 9.61. The average molecular weight is 189 g/mol. The molecule has 0 bridgehead atoms. The van der Waals surface area contributed by atoms with Crippen LogP contribution in [0.25, 0.3) is 0 Å². The molecular weight excluding hydrogens is 166 g/mol. The smallest absolute Gasteiger partial charge is 0.183 e. The van der Waals surface area contributed by atoms with Crippen LogP contribution in [0.1, 0.15) is 13.3 Å². The molecule has 12 heavy (non-hydrogen) atoms. The van der Waals surface area contributed by atoms with Gasteiger partial charge in [-0.2, -0.15) is 0 Å². The lowest BCUT2D eigenvalue weighted by molar-refractivity contribution is 0.233. The molecule has 0 rings (SSSR count). The molecule has 0 aromatic carbocycles. The predicted octanol–water partition coefficient (Wildman–Crippen LogP) is 2.18. The van der Waals surface area contributed by atoms with E-state index in [4.69, 9.17) is 4.43 Å². The summed E-state index contributed by atoms with van der Waals surface area (Å²) in [5.74, 6) is 0. The van der Waals surface area contributed by atoms with E-state index in [1.54, 1.807) is 0 Å². The van der Waals surface area contributed by atoms with Crippen molar-refractivity contribution in [1.82, 2.24) is 4.90 Å². The third-order valence-corrected chi connectivity index (χ3v) is 2.68. The average Bonchev–Trinajstić information content (AvgIpc) is 1.84. The Hall–Kier alpha value is 0.137. The van der Waals surface area contributed by atoms with Gasteiger partial charge in [-0.05, 0) is 39.7 Å². The number of nitrogens with zero attached hydrogens (tertiary/aromatic N) is 1. The van der Waals surface area contributed by atoms with Crippen LogP contribution in [0.15, 0.2) is 0 Å². The number of hydrogen-bond acceptors (Lipinski definition) is 2. The van der Waals surface area contributed by atoms with Crippen LogP contribution in [-0.2, 0) is 4.43 Å². The maximum absolute atomic E-state index is 5.74. The molecule has 74 valence electrons. The number of hydrogen-bond donors (Lipinski definition) is 0. The summed E-state index contributed by atoms with van der Waals surface area (Å²) in [6.45, 7) is 12.0. The van der Waals surface area contributed by atoms with Gasteiger partial charge in [0, 0.05) is 13.2 Å². The highest BCUT2D eigenvalue weighted by Gasteiger charge is 2.13. The highest BCUT2D eigenvalue weighted by molar-refractivity contribution is 6.69. The Balaban J connectivity index is 3.31. The van der Waals surface area contributed by atoms with Crippen LogP contribution >= 0.6 is 0 Å². The van der Waals surface area contributed by atoms with Gasteiger partial charge in [0.05, 0.1) is 0 Å². The predicted molar refractivity (Wildman–Crippen MR) is 57.1 cm³/mol. The molecule has 0 saturated carbocycles. The summed E-state index contributed by atoms with van der Waals surface area (Å²) in [4.78, 5) is 2.32. The minimum atomic E-state index is -1.27. The Bertz CT molecular complexity index is 112. The Labute approximate surface area is 78.0 Å². The zero-order valence-corrected chi connectivity index (χ0v) is 10.2. The van der Waals surface area contributed by atoms with Gasteiger partial charge >= 0.3 is 0 Å². The molecule has 0 fully saturated rings. The summed E-state index contributed by atoms with van der Waals surface area (Å²) >= 11 is 0. The Morgan fingerprint density at radius 2 is 1.75 bits per heavy atom. The Morgan fingerprint density at radius 1 is 1.17 bits per heavy atom. The normalized spacial score (nSPS) is 12.5. The van der Waals surface area contributed by atoms with Crippen molar-refractivity contribution in [3.8, 4) is 0 Å². The van der Waals surface area contributed by atoms with Crippen LogP contribution in [0.4, 0.5) is 0 Å². The first kappa shape index (κ1) is 12.1. The van der Waals surface area contributed by atoms with Gasteiger partial charge in [-0.25, -0.2) is 0 Å². The van der Waals surface area contributed by atoms with E-state index in [2.05, 4.69) is 38.5 Å². The van der Waals surface area contributed by atoms with E-state index >= 15 is 0 Å². The first-order valence-electron chi connectivity index (χ1n) is 4.78. The van der Waals surface area contributed by atoms with Crippen LogP contribution in [0.2, 0.25) is 19.6 Å². The molecule has 0 heterocycles. The lowest BCUT2D eigenvalue weighted by Gasteiger charge is -2.20. The van der Waals surface area contributed by atoms with Gasteiger partial charge in [-0.3, -0.25) is 0 Å². The first-order valence-corrected chi connectivity index (χ1v) is 8.19. The molecule has 0 atom stereocenters. The molecule has 0 amide bonds. The molecule has 0 unspecified atom stereocenters. The molecule has 0 radical (unpaired) electrons. The molecule has 0 aliphatic rings. The third kappa shape index (κ3) is 8.24. The molecule has 0 saturated heterocycles. The molecule has 0 N–H and O–H groups in total. The van der Waals surface area contributed by atoms with E-state index in [-0.39, 0.29) is 0 Å². The molecule has 2 nitrogen and oxygen atoms in total. The van der Waals surface area contributed by atoms with Crippen LogP contribution in [-0.4, -0.2) is 40.0 Å².